The highest BCUT2D eigenvalue weighted by molar-refractivity contribution is 5.88. The first-order valence-corrected chi connectivity index (χ1v) is 11.8. The maximum absolute atomic E-state index is 12.5. The van der Waals surface area contributed by atoms with Gasteiger partial charge in [0.1, 0.15) is 12.4 Å². The summed E-state index contributed by atoms with van der Waals surface area (Å²) in [7, 11) is 2.09. The van der Waals surface area contributed by atoms with E-state index in [4.69, 9.17) is 9.72 Å². The summed E-state index contributed by atoms with van der Waals surface area (Å²) in [6.45, 7) is 4.22. The number of fused-ring (bicyclic) bond motifs is 1. The number of alkyl halides is 2. The maximum Gasteiger partial charge on any atom is 0.318 e. The van der Waals surface area contributed by atoms with E-state index in [1.807, 2.05) is 0 Å². The van der Waals surface area contributed by atoms with Crippen LogP contribution in [-0.4, -0.2) is 90.6 Å². The first-order chi connectivity index (χ1) is 16.5. The molecule has 2 saturated heterocycles. The van der Waals surface area contributed by atoms with Crippen molar-refractivity contribution < 1.29 is 18.3 Å². The third-order valence-electron chi connectivity index (χ3n) is 6.75. The Morgan fingerprint density at radius 3 is 2.91 bits per heavy atom. The molecular formula is C23H31F2N7O2. The van der Waals surface area contributed by atoms with Crippen LogP contribution in [0, 0.1) is 11.3 Å². The monoisotopic (exact) mass is 475 g/mol. The molecule has 1 N–H and O–H groups in total. The van der Waals surface area contributed by atoms with Crippen molar-refractivity contribution in [2.75, 3.05) is 51.3 Å². The molecule has 0 aromatic carbocycles. The largest absolute Gasteiger partial charge is 0.462 e. The zero-order valence-corrected chi connectivity index (χ0v) is 19.4. The number of nitrogens with one attached hydrogen (secondary N) is 1. The van der Waals surface area contributed by atoms with Crippen LogP contribution in [0.4, 0.5) is 14.6 Å². The quantitative estimate of drug-likeness (QED) is 0.591. The molecule has 4 heterocycles. The van der Waals surface area contributed by atoms with Crippen molar-refractivity contribution >= 4 is 11.7 Å². The lowest BCUT2D eigenvalue weighted by atomic mass is 10.0. The standard InChI is InChI=1S/C23H31F2N7O2/c1-30-10-2-3-17(30)15-34-23-28-19-13-27-9-7-18(19)22(29-23)31-11-12-32(16(14-31)6-8-26)21(33)5-4-20(24)25/h4-5,16-17,20,27H,2-3,6-7,9-15H2,1H3/b5-4+/t16-,17-/m0/s1. The number of aromatic nitrogens is 2. The van der Waals surface area contributed by atoms with Crippen molar-refractivity contribution in [3.63, 3.8) is 0 Å². The number of piperazine rings is 1. The molecule has 0 unspecified atom stereocenters. The number of hydrogen-bond acceptors (Lipinski definition) is 8. The maximum atomic E-state index is 12.5. The predicted octanol–water partition coefficient (Wildman–Crippen LogP) is 1.35. The number of likely N-dealkylation sites (N-methyl/N-ethyl adjacent to an activating group) is 1. The molecule has 184 valence electrons. The van der Waals surface area contributed by atoms with Crippen molar-refractivity contribution in [3.05, 3.63) is 23.4 Å². The van der Waals surface area contributed by atoms with Gasteiger partial charge in [0.2, 0.25) is 5.91 Å². The fourth-order valence-electron chi connectivity index (χ4n) is 4.87. The number of allylic oxidation sites excluding steroid dienone is 1. The van der Waals surface area contributed by atoms with Gasteiger partial charge in [0, 0.05) is 43.9 Å². The summed E-state index contributed by atoms with van der Waals surface area (Å²) in [5.74, 6) is 0.276. The number of nitriles is 1. The summed E-state index contributed by atoms with van der Waals surface area (Å²) >= 11 is 0. The minimum Gasteiger partial charge on any atom is -0.462 e. The van der Waals surface area contributed by atoms with Crippen LogP contribution >= 0.6 is 0 Å². The Hall–Kier alpha value is -2.84. The molecule has 0 bridgehead atoms. The van der Waals surface area contributed by atoms with Gasteiger partial charge in [-0.25, -0.2) is 8.78 Å². The molecule has 2 fully saturated rings. The van der Waals surface area contributed by atoms with E-state index in [1.165, 1.54) is 4.90 Å². The number of rotatable bonds is 7. The van der Waals surface area contributed by atoms with Crippen molar-refractivity contribution in [2.45, 2.75) is 50.7 Å². The first kappa shape index (κ1) is 24.3. The van der Waals surface area contributed by atoms with E-state index < -0.39 is 18.4 Å². The van der Waals surface area contributed by atoms with Crippen LogP contribution in [-0.2, 0) is 17.8 Å². The van der Waals surface area contributed by atoms with Crippen molar-refractivity contribution in [3.8, 4) is 12.1 Å². The Balaban J connectivity index is 1.54. The highest BCUT2D eigenvalue weighted by Gasteiger charge is 2.33. The highest BCUT2D eigenvalue weighted by Crippen LogP contribution is 2.29. The summed E-state index contributed by atoms with van der Waals surface area (Å²) < 4.78 is 31.1. The number of nitrogens with zero attached hydrogens (tertiary/aromatic N) is 6. The van der Waals surface area contributed by atoms with Gasteiger partial charge in [-0.05, 0) is 45.5 Å². The van der Waals surface area contributed by atoms with Crippen LogP contribution in [0.2, 0.25) is 0 Å². The number of ether oxygens (including phenoxy) is 1. The summed E-state index contributed by atoms with van der Waals surface area (Å²) in [4.78, 5) is 27.8. The lowest BCUT2D eigenvalue weighted by Crippen LogP contribution is -2.55. The minimum atomic E-state index is -2.69. The number of carbonyl (C=O) groups excluding carboxylic acids is 1. The van der Waals surface area contributed by atoms with Gasteiger partial charge in [-0.3, -0.25) is 4.79 Å². The molecule has 0 spiro atoms. The second-order valence-corrected chi connectivity index (χ2v) is 8.96. The van der Waals surface area contributed by atoms with Gasteiger partial charge in [0.25, 0.3) is 6.43 Å². The molecule has 3 aliphatic heterocycles. The highest BCUT2D eigenvalue weighted by atomic mass is 19.3. The SMILES string of the molecule is CN1CCC[C@H]1COc1nc2c(c(N3CCN(C(=O)/C=C/C(F)F)[C@@H](CC#N)C3)n1)CCNC2. The second-order valence-electron chi connectivity index (χ2n) is 8.96. The predicted molar refractivity (Wildman–Crippen MR) is 122 cm³/mol. The molecule has 34 heavy (non-hydrogen) atoms. The topological polar surface area (TPSA) is 97.6 Å². The number of halogens is 2. The van der Waals surface area contributed by atoms with Crippen LogP contribution in [0.15, 0.2) is 12.2 Å². The van der Waals surface area contributed by atoms with Gasteiger partial charge in [0.05, 0.1) is 24.2 Å². The Morgan fingerprint density at radius 1 is 1.32 bits per heavy atom. The van der Waals surface area contributed by atoms with Gasteiger partial charge in [-0.15, -0.1) is 0 Å². The molecule has 0 aliphatic carbocycles. The Labute approximate surface area is 198 Å². The lowest BCUT2D eigenvalue weighted by molar-refractivity contribution is -0.128. The smallest absolute Gasteiger partial charge is 0.318 e. The third kappa shape index (κ3) is 5.62. The van der Waals surface area contributed by atoms with Crippen LogP contribution in [0.1, 0.15) is 30.5 Å². The van der Waals surface area contributed by atoms with Gasteiger partial charge in [-0.2, -0.15) is 15.2 Å². The van der Waals surface area contributed by atoms with E-state index in [-0.39, 0.29) is 6.42 Å². The van der Waals surface area contributed by atoms with Gasteiger partial charge >= 0.3 is 6.01 Å². The zero-order chi connectivity index (χ0) is 24.1. The van der Waals surface area contributed by atoms with E-state index in [0.29, 0.717) is 50.9 Å². The van der Waals surface area contributed by atoms with Crippen LogP contribution in [0.5, 0.6) is 6.01 Å². The van der Waals surface area contributed by atoms with Gasteiger partial charge in [0.15, 0.2) is 0 Å². The third-order valence-corrected chi connectivity index (χ3v) is 6.75. The molecule has 1 amide bonds. The molecule has 0 radical (unpaired) electrons. The van der Waals surface area contributed by atoms with E-state index in [0.717, 1.165) is 55.5 Å². The van der Waals surface area contributed by atoms with Gasteiger partial charge in [-0.1, -0.05) is 0 Å². The normalized spacial score (nSPS) is 23.4. The molecule has 0 saturated carbocycles. The number of likely N-dealkylation sites (tertiary alicyclic amines) is 1. The number of amides is 1. The Morgan fingerprint density at radius 2 is 2.18 bits per heavy atom. The molecule has 11 heteroatoms. The van der Waals surface area contributed by atoms with E-state index in [1.54, 1.807) is 0 Å². The van der Waals surface area contributed by atoms with Crippen LogP contribution in [0.3, 0.4) is 0 Å². The number of anilines is 1. The van der Waals surface area contributed by atoms with Crippen LogP contribution in [0.25, 0.3) is 0 Å². The number of carbonyl (C=O) groups is 1. The molecular weight excluding hydrogens is 444 g/mol. The molecule has 1 aromatic rings. The summed E-state index contributed by atoms with van der Waals surface area (Å²) in [6, 6.07) is 2.39. The van der Waals surface area contributed by atoms with Crippen molar-refractivity contribution in [2.24, 2.45) is 0 Å². The average molecular weight is 476 g/mol. The molecule has 2 atom stereocenters. The van der Waals surface area contributed by atoms with E-state index >= 15 is 0 Å². The molecule has 1 aromatic heterocycles. The Bertz CT molecular complexity index is 952. The summed E-state index contributed by atoms with van der Waals surface area (Å²) in [5, 5.41) is 12.7. The number of hydrogen-bond donors (Lipinski definition) is 1. The summed E-state index contributed by atoms with van der Waals surface area (Å²) in [6.07, 6.45) is 1.91. The van der Waals surface area contributed by atoms with Gasteiger partial charge < -0.3 is 24.8 Å². The fraction of sp³-hybridized carbons (Fsp3) is 0.652. The van der Waals surface area contributed by atoms with Crippen LogP contribution < -0.4 is 15.0 Å². The lowest BCUT2D eigenvalue weighted by Gasteiger charge is -2.41. The molecule has 3 aliphatic rings. The average Bonchev–Trinajstić information content (AvgIpc) is 3.25. The zero-order valence-electron chi connectivity index (χ0n) is 19.4. The fourth-order valence-corrected chi connectivity index (χ4v) is 4.87. The Kier molecular flexibility index (Phi) is 7.90. The van der Waals surface area contributed by atoms with E-state index in [9.17, 15) is 18.8 Å². The van der Waals surface area contributed by atoms with Crippen molar-refractivity contribution in [1.29, 1.82) is 5.26 Å². The minimum absolute atomic E-state index is 0.108. The first-order valence-electron chi connectivity index (χ1n) is 11.8. The van der Waals surface area contributed by atoms with E-state index in [2.05, 4.69) is 33.2 Å². The second kappa shape index (κ2) is 11.1. The molecule has 9 nitrogen and oxygen atoms in total. The van der Waals surface area contributed by atoms with Crippen molar-refractivity contribution in [1.82, 2.24) is 25.1 Å². The molecule has 4 rings (SSSR count). The summed E-state index contributed by atoms with van der Waals surface area (Å²) in [5.41, 5.74) is 1.96.